The molecule has 17 nitrogen and oxygen atoms in total. The minimum atomic E-state index is -1.40. The summed E-state index contributed by atoms with van der Waals surface area (Å²) in [5.41, 5.74) is 0. The molecule has 0 radical (unpaired) electrons. The fourth-order valence-corrected chi connectivity index (χ4v) is 9.10. The Morgan fingerprint density at radius 2 is 0.868 bits per heavy atom. The Kier molecular flexibility index (Phi) is 48.6. The van der Waals surface area contributed by atoms with E-state index in [-0.39, 0.29) is 76.4 Å². The van der Waals surface area contributed by atoms with Crippen LogP contribution in [0.4, 0.5) is 0 Å². The van der Waals surface area contributed by atoms with Crippen LogP contribution in [0.15, 0.2) is 0 Å². The van der Waals surface area contributed by atoms with Crippen LogP contribution in [0.5, 0.6) is 0 Å². The Hall–Kier alpha value is -4.28. The van der Waals surface area contributed by atoms with E-state index in [1.807, 2.05) is 0 Å². The predicted octanol–water partition coefficient (Wildman–Crippen LogP) is 11.2. The van der Waals surface area contributed by atoms with Gasteiger partial charge < -0.3 is 46.1 Å². The fourth-order valence-electron chi connectivity index (χ4n) is 9.10. The molecule has 442 valence electrons. The molecule has 0 aliphatic carbocycles. The molecule has 76 heavy (non-hydrogen) atoms. The number of carbonyl (C=O) groups is 8. The molecule has 0 bridgehead atoms. The Bertz CT molecular complexity index is 1530. The fraction of sp³-hybridized carbons (Fsp3) is 0.864. The number of ether oxygens (including phenoxy) is 2. The molecule has 0 spiro atoms. The SMILES string of the molecule is CCCCCCCCCCCC(=O)O[C@H](CCCCCCCCCCC)CC(=O)N[C@H](CC(=O)O)C(=O)NCCC[C@H](COC(=O)CCCCCNC(=O)CCC(=O)O)NC(=O)C[C@H](O)CCCCCCCCCCC. The average molecular weight is 1080 g/mol. The van der Waals surface area contributed by atoms with Crippen molar-refractivity contribution in [3.05, 3.63) is 0 Å². The van der Waals surface area contributed by atoms with E-state index in [2.05, 4.69) is 42.0 Å². The number of nitrogens with one attached hydrogen (secondary N) is 4. The van der Waals surface area contributed by atoms with Gasteiger partial charge in [0.2, 0.25) is 23.6 Å². The van der Waals surface area contributed by atoms with Gasteiger partial charge in [0, 0.05) is 32.4 Å². The minimum absolute atomic E-state index is 0.0525. The number of hydrogen-bond donors (Lipinski definition) is 7. The lowest BCUT2D eigenvalue weighted by Gasteiger charge is -2.22. The van der Waals surface area contributed by atoms with E-state index >= 15 is 0 Å². The van der Waals surface area contributed by atoms with E-state index in [1.54, 1.807) is 0 Å². The topological polar surface area (TPSA) is 264 Å². The van der Waals surface area contributed by atoms with E-state index < -0.39 is 66.3 Å². The van der Waals surface area contributed by atoms with Crippen LogP contribution in [0.1, 0.15) is 284 Å². The zero-order chi connectivity index (χ0) is 56.3. The zero-order valence-electron chi connectivity index (χ0n) is 47.8. The summed E-state index contributed by atoms with van der Waals surface area (Å²) in [6.07, 6.45) is 30.8. The molecule has 0 heterocycles. The number of esters is 2. The van der Waals surface area contributed by atoms with Gasteiger partial charge in [0.25, 0.3) is 0 Å². The maximum atomic E-state index is 13.5. The first-order chi connectivity index (χ1) is 36.7. The van der Waals surface area contributed by atoms with Crippen molar-refractivity contribution in [2.24, 2.45) is 0 Å². The van der Waals surface area contributed by atoms with Crippen LogP contribution in [0.25, 0.3) is 0 Å². The van der Waals surface area contributed by atoms with E-state index in [0.29, 0.717) is 45.1 Å². The molecular formula is C59H108N4O13. The molecule has 7 N–H and O–H groups in total. The second-order valence-electron chi connectivity index (χ2n) is 21.1. The molecule has 0 aliphatic rings. The van der Waals surface area contributed by atoms with Crippen LogP contribution in [0, 0.1) is 0 Å². The summed E-state index contributed by atoms with van der Waals surface area (Å²) < 4.78 is 11.4. The summed E-state index contributed by atoms with van der Waals surface area (Å²) in [7, 11) is 0. The minimum Gasteiger partial charge on any atom is -0.481 e. The summed E-state index contributed by atoms with van der Waals surface area (Å²) >= 11 is 0. The van der Waals surface area contributed by atoms with Gasteiger partial charge in [-0.3, -0.25) is 38.4 Å². The third-order valence-corrected chi connectivity index (χ3v) is 13.7. The van der Waals surface area contributed by atoms with Crippen LogP contribution in [0.2, 0.25) is 0 Å². The van der Waals surface area contributed by atoms with Crippen LogP contribution < -0.4 is 21.3 Å². The van der Waals surface area contributed by atoms with Gasteiger partial charge in [0.05, 0.1) is 37.8 Å². The molecule has 4 atom stereocenters. The number of aliphatic carboxylic acids is 2. The van der Waals surface area contributed by atoms with Gasteiger partial charge in [-0.05, 0) is 51.4 Å². The number of unbranched alkanes of at least 4 members (excludes halogenated alkanes) is 26. The summed E-state index contributed by atoms with van der Waals surface area (Å²) in [6.45, 7) is 6.84. The Balaban J connectivity index is 5.45. The van der Waals surface area contributed by atoms with E-state index in [1.165, 1.54) is 96.3 Å². The quantitative estimate of drug-likeness (QED) is 0.0221. The number of carbonyl (C=O) groups excluding carboxylic acids is 6. The molecule has 0 rings (SSSR count). The van der Waals surface area contributed by atoms with Crippen molar-refractivity contribution in [3.63, 3.8) is 0 Å². The number of aliphatic hydroxyl groups is 1. The smallest absolute Gasteiger partial charge is 0.306 e. The van der Waals surface area contributed by atoms with Crippen molar-refractivity contribution in [2.45, 2.75) is 308 Å². The first kappa shape index (κ1) is 71.7. The summed E-state index contributed by atoms with van der Waals surface area (Å²) in [6, 6.07) is -2.05. The van der Waals surface area contributed by atoms with Crippen LogP contribution in [0.3, 0.4) is 0 Å². The zero-order valence-corrected chi connectivity index (χ0v) is 47.8. The van der Waals surface area contributed by atoms with Gasteiger partial charge in [0.1, 0.15) is 18.8 Å². The Morgan fingerprint density at radius 1 is 0.408 bits per heavy atom. The van der Waals surface area contributed by atoms with Crippen molar-refractivity contribution < 1.29 is 63.1 Å². The molecular weight excluding hydrogens is 973 g/mol. The van der Waals surface area contributed by atoms with Crippen molar-refractivity contribution in [1.82, 2.24) is 21.3 Å². The maximum absolute atomic E-state index is 13.5. The molecule has 0 aromatic rings. The highest BCUT2D eigenvalue weighted by Crippen LogP contribution is 2.18. The highest BCUT2D eigenvalue weighted by atomic mass is 16.5. The number of carboxylic acids is 2. The first-order valence-corrected chi connectivity index (χ1v) is 30.3. The van der Waals surface area contributed by atoms with Crippen LogP contribution in [-0.2, 0) is 47.8 Å². The van der Waals surface area contributed by atoms with E-state index in [9.17, 15) is 48.6 Å². The Labute approximate surface area is 458 Å². The number of hydrogen-bond acceptors (Lipinski definition) is 11. The number of aliphatic hydroxyl groups excluding tert-OH is 1. The van der Waals surface area contributed by atoms with Crippen molar-refractivity contribution >= 4 is 47.5 Å². The van der Waals surface area contributed by atoms with Gasteiger partial charge >= 0.3 is 23.9 Å². The highest BCUT2D eigenvalue weighted by molar-refractivity contribution is 5.90. The monoisotopic (exact) mass is 1080 g/mol. The van der Waals surface area contributed by atoms with E-state index in [0.717, 1.165) is 70.6 Å². The summed E-state index contributed by atoms with van der Waals surface area (Å²) in [4.78, 5) is 100. The molecule has 0 saturated heterocycles. The lowest BCUT2D eigenvalue weighted by molar-refractivity contribution is -0.151. The normalized spacial score (nSPS) is 12.7. The number of carboxylic acid groups (broad SMARTS) is 2. The molecule has 0 aliphatic heterocycles. The summed E-state index contributed by atoms with van der Waals surface area (Å²) in [5.74, 6) is -5.25. The van der Waals surface area contributed by atoms with Crippen LogP contribution in [-0.4, -0.2) is 107 Å². The van der Waals surface area contributed by atoms with Gasteiger partial charge in [-0.1, -0.05) is 188 Å². The van der Waals surface area contributed by atoms with E-state index in [4.69, 9.17) is 14.6 Å². The third kappa shape index (κ3) is 48.1. The lowest BCUT2D eigenvalue weighted by atomic mass is 10.0. The lowest BCUT2D eigenvalue weighted by Crippen LogP contribution is -2.49. The first-order valence-electron chi connectivity index (χ1n) is 30.3. The van der Waals surface area contributed by atoms with Crippen molar-refractivity contribution in [3.8, 4) is 0 Å². The molecule has 0 saturated carbocycles. The summed E-state index contributed by atoms with van der Waals surface area (Å²) in [5, 5.41) is 39.9. The number of rotatable bonds is 55. The molecule has 0 unspecified atom stereocenters. The molecule has 0 aromatic carbocycles. The van der Waals surface area contributed by atoms with Gasteiger partial charge in [-0.2, -0.15) is 0 Å². The van der Waals surface area contributed by atoms with Crippen molar-refractivity contribution in [2.75, 3.05) is 19.7 Å². The van der Waals surface area contributed by atoms with Gasteiger partial charge in [-0.25, -0.2) is 0 Å². The van der Waals surface area contributed by atoms with Gasteiger partial charge in [-0.15, -0.1) is 0 Å². The Morgan fingerprint density at radius 3 is 1.39 bits per heavy atom. The molecule has 4 amide bonds. The molecule has 17 heteroatoms. The second kappa shape index (κ2) is 51.5. The van der Waals surface area contributed by atoms with Crippen molar-refractivity contribution in [1.29, 1.82) is 0 Å². The number of amides is 4. The van der Waals surface area contributed by atoms with Gasteiger partial charge in [0.15, 0.2) is 0 Å². The molecule has 0 fully saturated rings. The van der Waals surface area contributed by atoms with Crippen LogP contribution >= 0.6 is 0 Å². The third-order valence-electron chi connectivity index (χ3n) is 13.7. The average Bonchev–Trinajstić information content (AvgIpc) is 3.37. The second-order valence-corrected chi connectivity index (χ2v) is 21.1. The molecule has 0 aromatic heterocycles. The highest BCUT2D eigenvalue weighted by Gasteiger charge is 2.27. The largest absolute Gasteiger partial charge is 0.481 e. The maximum Gasteiger partial charge on any atom is 0.306 e. The standard InChI is InChI=1S/C59H108N4O13/c1-4-7-10-13-16-19-22-25-29-36-49(64)44-53(66)62-48(47-75-57(72)38-32-28-33-42-60-52(65)40-41-55(68)69)35-34-43-61-59(74)51(46-56(70)71)63-54(67)45-50(37-30-26-23-20-17-14-11-8-5-2)76-58(73)39-31-27-24-21-18-15-12-9-6-3/h48-51,64H,4-47H2,1-3H3,(H,60,65)(H,61,74)(H,62,66)(H,63,67)(H,68,69)(H,70,71)/t48-,49-,50-,51-/m1/s1. The predicted molar refractivity (Wildman–Crippen MR) is 298 cm³/mol.